The van der Waals surface area contributed by atoms with Crippen molar-refractivity contribution < 1.29 is 19.1 Å². The van der Waals surface area contributed by atoms with E-state index in [9.17, 15) is 14.4 Å². The van der Waals surface area contributed by atoms with Crippen molar-refractivity contribution in [2.24, 2.45) is 0 Å². The number of esters is 1. The number of nitrogens with zero attached hydrogens (tertiary/aromatic N) is 1. The lowest BCUT2D eigenvalue weighted by Gasteiger charge is -2.15. The molecule has 0 fully saturated rings. The minimum absolute atomic E-state index is 0.114. The second-order valence-corrected chi connectivity index (χ2v) is 6.57. The van der Waals surface area contributed by atoms with E-state index < -0.39 is 18.0 Å². The number of aromatic nitrogens is 1. The molecule has 3 rings (SSSR count). The number of carbonyl (C=O) groups is 3. The van der Waals surface area contributed by atoms with Crippen LogP contribution < -0.4 is 5.32 Å². The van der Waals surface area contributed by atoms with Crippen molar-refractivity contribution in [3.05, 3.63) is 70.9 Å². The highest BCUT2D eigenvalue weighted by Crippen LogP contribution is 2.22. The third-order valence-corrected chi connectivity index (χ3v) is 4.29. The summed E-state index contributed by atoms with van der Waals surface area (Å²) in [5.41, 5.74) is 1.70. The summed E-state index contributed by atoms with van der Waals surface area (Å²) in [7, 11) is 0. The molecule has 0 radical (unpaired) electrons. The largest absolute Gasteiger partial charge is 0.449 e. The summed E-state index contributed by atoms with van der Waals surface area (Å²) in [4.78, 5) is 40.6. The highest BCUT2D eigenvalue weighted by atomic mass is 35.5. The maximum atomic E-state index is 12.6. The molecule has 3 aromatic rings. The van der Waals surface area contributed by atoms with Crippen LogP contribution in [0.5, 0.6) is 0 Å². The molecule has 1 atom stereocenters. The summed E-state index contributed by atoms with van der Waals surface area (Å²) >= 11 is 5.99. The molecule has 0 spiro atoms. The van der Waals surface area contributed by atoms with Gasteiger partial charge in [-0.1, -0.05) is 41.9 Å². The van der Waals surface area contributed by atoms with E-state index >= 15 is 0 Å². The molecule has 0 aliphatic carbocycles. The van der Waals surface area contributed by atoms with Gasteiger partial charge in [0.25, 0.3) is 5.91 Å². The Hall–Kier alpha value is -3.25. The Morgan fingerprint density at radius 1 is 1.07 bits per heavy atom. The zero-order chi connectivity index (χ0) is 20.3. The number of anilines is 1. The Kier molecular flexibility index (Phi) is 5.70. The van der Waals surface area contributed by atoms with Gasteiger partial charge in [-0.15, -0.1) is 0 Å². The molecule has 0 aliphatic rings. The zero-order valence-electron chi connectivity index (χ0n) is 15.2. The predicted octanol–water partition coefficient (Wildman–Crippen LogP) is 4.27. The SMILES string of the molecule is CC(=O)c1cccc(NC(=O)[C@H](C)OC(=O)c2cc(Cl)nc3ccccc23)c1. The number of benzene rings is 2. The molecule has 28 heavy (non-hydrogen) atoms. The lowest BCUT2D eigenvalue weighted by Crippen LogP contribution is -2.30. The van der Waals surface area contributed by atoms with Gasteiger partial charge >= 0.3 is 5.97 Å². The number of rotatable bonds is 5. The van der Waals surface area contributed by atoms with E-state index in [0.717, 1.165) is 0 Å². The molecule has 1 N–H and O–H groups in total. The monoisotopic (exact) mass is 396 g/mol. The van der Waals surface area contributed by atoms with Crippen LogP contribution in [0.4, 0.5) is 5.69 Å². The van der Waals surface area contributed by atoms with Crippen molar-refractivity contribution in [2.75, 3.05) is 5.32 Å². The second-order valence-electron chi connectivity index (χ2n) is 6.18. The minimum atomic E-state index is -1.06. The average Bonchev–Trinajstić information content (AvgIpc) is 2.67. The number of hydrogen-bond acceptors (Lipinski definition) is 5. The summed E-state index contributed by atoms with van der Waals surface area (Å²) in [5.74, 6) is -1.31. The topological polar surface area (TPSA) is 85.4 Å². The molecule has 0 saturated carbocycles. The van der Waals surface area contributed by atoms with Crippen LogP contribution in [-0.4, -0.2) is 28.7 Å². The Morgan fingerprint density at radius 2 is 1.82 bits per heavy atom. The molecule has 0 aliphatic heterocycles. The number of para-hydroxylation sites is 1. The number of carbonyl (C=O) groups excluding carboxylic acids is 3. The van der Waals surface area contributed by atoms with Crippen LogP contribution in [0.1, 0.15) is 34.6 Å². The minimum Gasteiger partial charge on any atom is -0.449 e. The van der Waals surface area contributed by atoms with E-state index in [-0.39, 0.29) is 16.5 Å². The average molecular weight is 397 g/mol. The predicted molar refractivity (Wildman–Crippen MR) is 107 cm³/mol. The van der Waals surface area contributed by atoms with Gasteiger partial charge in [0.05, 0.1) is 11.1 Å². The van der Waals surface area contributed by atoms with Gasteiger partial charge in [0.1, 0.15) is 5.15 Å². The van der Waals surface area contributed by atoms with Gasteiger partial charge in [-0.25, -0.2) is 9.78 Å². The summed E-state index contributed by atoms with van der Waals surface area (Å²) in [6.45, 7) is 2.91. The normalized spacial score (nSPS) is 11.7. The van der Waals surface area contributed by atoms with Crippen molar-refractivity contribution in [3.8, 4) is 0 Å². The zero-order valence-corrected chi connectivity index (χ0v) is 16.0. The van der Waals surface area contributed by atoms with Gasteiger partial charge in [0.2, 0.25) is 0 Å². The number of pyridine rings is 1. The van der Waals surface area contributed by atoms with Crippen molar-refractivity contribution in [3.63, 3.8) is 0 Å². The van der Waals surface area contributed by atoms with Crippen LogP contribution in [-0.2, 0) is 9.53 Å². The second kappa shape index (κ2) is 8.19. The molecular weight excluding hydrogens is 380 g/mol. The molecule has 6 nitrogen and oxygen atoms in total. The molecule has 0 saturated heterocycles. The first kappa shape index (κ1) is 19.5. The van der Waals surface area contributed by atoms with Crippen molar-refractivity contribution in [2.45, 2.75) is 20.0 Å². The van der Waals surface area contributed by atoms with E-state index in [2.05, 4.69) is 10.3 Å². The summed E-state index contributed by atoms with van der Waals surface area (Å²) < 4.78 is 5.31. The molecule has 1 amide bonds. The third-order valence-electron chi connectivity index (χ3n) is 4.09. The van der Waals surface area contributed by atoms with Crippen LogP contribution in [0.2, 0.25) is 5.15 Å². The first-order valence-corrected chi connectivity index (χ1v) is 8.91. The standard InChI is InChI=1S/C21H17ClN2O4/c1-12(25)14-6-5-7-15(10-14)23-20(26)13(2)28-21(27)17-11-19(22)24-18-9-4-3-8-16(17)18/h3-11,13H,1-2H3,(H,23,26)/t13-/m0/s1. The maximum absolute atomic E-state index is 12.6. The number of halogens is 1. The lowest BCUT2D eigenvalue weighted by molar-refractivity contribution is -0.123. The molecule has 0 unspecified atom stereocenters. The number of ether oxygens (including phenoxy) is 1. The molecule has 142 valence electrons. The fraction of sp³-hybridized carbons (Fsp3) is 0.143. The smallest absolute Gasteiger partial charge is 0.339 e. The van der Waals surface area contributed by atoms with Crippen LogP contribution >= 0.6 is 11.6 Å². The van der Waals surface area contributed by atoms with Gasteiger partial charge < -0.3 is 10.1 Å². The van der Waals surface area contributed by atoms with Gasteiger partial charge in [0.15, 0.2) is 11.9 Å². The number of hydrogen-bond donors (Lipinski definition) is 1. The number of amides is 1. The Balaban J connectivity index is 1.75. The number of nitrogens with one attached hydrogen (secondary N) is 1. The number of fused-ring (bicyclic) bond motifs is 1. The maximum Gasteiger partial charge on any atom is 0.339 e. The van der Waals surface area contributed by atoms with Gasteiger partial charge in [-0.3, -0.25) is 9.59 Å². The van der Waals surface area contributed by atoms with Crippen molar-refractivity contribution in [1.29, 1.82) is 0 Å². The molecule has 1 heterocycles. The van der Waals surface area contributed by atoms with Gasteiger partial charge in [-0.2, -0.15) is 0 Å². The first-order valence-electron chi connectivity index (χ1n) is 8.53. The van der Waals surface area contributed by atoms with Crippen LogP contribution in [0.3, 0.4) is 0 Å². The van der Waals surface area contributed by atoms with Crippen LogP contribution in [0, 0.1) is 0 Å². The highest BCUT2D eigenvalue weighted by molar-refractivity contribution is 6.30. The van der Waals surface area contributed by atoms with Crippen molar-refractivity contribution in [1.82, 2.24) is 4.98 Å². The Bertz CT molecular complexity index is 1080. The van der Waals surface area contributed by atoms with Gasteiger partial charge in [-0.05, 0) is 38.1 Å². The summed E-state index contributed by atoms with van der Waals surface area (Å²) in [5, 5.41) is 3.37. The van der Waals surface area contributed by atoms with Crippen LogP contribution in [0.25, 0.3) is 10.9 Å². The van der Waals surface area contributed by atoms with E-state index in [1.807, 2.05) is 0 Å². The Morgan fingerprint density at radius 3 is 2.57 bits per heavy atom. The number of ketones is 1. The molecule has 2 aromatic carbocycles. The van der Waals surface area contributed by atoms with E-state index in [1.165, 1.54) is 19.9 Å². The van der Waals surface area contributed by atoms with E-state index in [1.54, 1.807) is 48.5 Å². The number of Topliss-reactive ketones (excluding diaryl/α,β-unsaturated/α-hetero) is 1. The molecule has 7 heteroatoms. The molecular formula is C21H17ClN2O4. The fourth-order valence-corrected chi connectivity index (χ4v) is 2.85. The first-order chi connectivity index (χ1) is 13.3. The highest BCUT2D eigenvalue weighted by Gasteiger charge is 2.21. The Labute approximate surface area is 166 Å². The summed E-state index contributed by atoms with van der Waals surface area (Å²) in [6, 6.07) is 14.9. The molecule has 1 aromatic heterocycles. The van der Waals surface area contributed by atoms with E-state index in [0.29, 0.717) is 22.2 Å². The van der Waals surface area contributed by atoms with E-state index in [4.69, 9.17) is 16.3 Å². The fourth-order valence-electron chi connectivity index (χ4n) is 2.65. The third kappa shape index (κ3) is 4.35. The van der Waals surface area contributed by atoms with Crippen molar-refractivity contribution >= 4 is 45.9 Å². The summed E-state index contributed by atoms with van der Waals surface area (Å²) in [6.07, 6.45) is -1.06. The molecule has 0 bridgehead atoms. The van der Waals surface area contributed by atoms with Gasteiger partial charge in [0, 0.05) is 16.6 Å². The quantitative estimate of drug-likeness (QED) is 0.395. The lowest BCUT2D eigenvalue weighted by atomic mass is 10.1. The van der Waals surface area contributed by atoms with Crippen LogP contribution in [0.15, 0.2) is 54.6 Å².